The molecule has 3 rings (SSSR count). The van der Waals surface area contributed by atoms with E-state index in [4.69, 9.17) is 4.74 Å². The van der Waals surface area contributed by atoms with Crippen molar-refractivity contribution in [2.45, 2.75) is 32.2 Å². The fourth-order valence-corrected chi connectivity index (χ4v) is 2.93. The average Bonchev–Trinajstić information content (AvgIpc) is 3.52. The van der Waals surface area contributed by atoms with Crippen molar-refractivity contribution >= 4 is 17.8 Å². The molecule has 0 radical (unpaired) electrons. The third kappa shape index (κ3) is 6.03. The van der Waals surface area contributed by atoms with E-state index in [1.165, 1.54) is 0 Å². The van der Waals surface area contributed by atoms with Crippen molar-refractivity contribution in [2.75, 3.05) is 21.3 Å². The van der Waals surface area contributed by atoms with Crippen LogP contribution < -0.4 is 10.1 Å². The average molecular weight is 395 g/mol. The Hall–Kier alpha value is -2.92. The van der Waals surface area contributed by atoms with Crippen LogP contribution in [0.25, 0.3) is 16.7 Å². The first kappa shape index (κ1) is 22.4. The van der Waals surface area contributed by atoms with Crippen molar-refractivity contribution in [3.63, 3.8) is 0 Å². The Morgan fingerprint density at radius 2 is 1.86 bits per heavy atom. The van der Waals surface area contributed by atoms with Gasteiger partial charge < -0.3 is 19.6 Å². The molecule has 1 fully saturated rings. The van der Waals surface area contributed by atoms with Crippen LogP contribution in [0.2, 0.25) is 0 Å². The number of carbonyl (C=O) groups excluding carboxylic acids is 2. The van der Waals surface area contributed by atoms with Gasteiger partial charge in [-0.3, -0.25) is 4.79 Å². The summed E-state index contributed by atoms with van der Waals surface area (Å²) in [4.78, 5) is 23.1. The normalized spacial score (nSPS) is 12.4. The van der Waals surface area contributed by atoms with E-state index in [1.54, 1.807) is 21.3 Å². The molecule has 1 amide bonds. The monoisotopic (exact) mass is 395 g/mol. The van der Waals surface area contributed by atoms with Crippen molar-refractivity contribution in [1.29, 1.82) is 0 Å². The maximum Gasteiger partial charge on any atom is 0.251 e. The largest absolute Gasteiger partial charge is 0.496 e. The first-order valence-corrected chi connectivity index (χ1v) is 9.57. The first-order chi connectivity index (χ1) is 13.9. The van der Waals surface area contributed by atoms with E-state index in [0.717, 1.165) is 47.0 Å². The van der Waals surface area contributed by atoms with Gasteiger partial charge in [0.2, 0.25) is 0 Å². The number of aldehydes is 1. The van der Waals surface area contributed by atoms with Crippen molar-refractivity contribution in [2.24, 2.45) is 0 Å². The number of nitrogens with one attached hydrogen (secondary N) is 1. The van der Waals surface area contributed by atoms with Crippen molar-refractivity contribution in [1.82, 2.24) is 5.32 Å². The molecule has 2 aromatic rings. The van der Waals surface area contributed by atoms with E-state index in [9.17, 15) is 9.59 Å². The number of methoxy groups -OCH3 is 2. The Morgan fingerprint density at radius 1 is 1.17 bits per heavy atom. The smallest absolute Gasteiger partial charge is 0.251 e. The summed E-state index contributed by atoms with van der Waals surface area (Å²) in [5, 5.41) is 3.02. The van der Waals surface area contributed by atoms with E-state index in [2.05, 4.69) is 16.6 Å². The summed E-state index contributed by atoms with van der Waals surface area (Å²) in [5.74, 6) is 0.637. The Kier molecular flexibility index (Phi) is 8.16. The Balaban J connectivity index is 0.000000941. The molecule has 0 spiro atoms. The van der Waals surface area contributed by atoms with Gasteiger partial charge in [-0.2, -0.15) is 0 Å². The minimum atomic E-state index is -0.0308. The zero-order valence-electron chi connectivity index (χ0n) is 17.6. The molecule has 0 saturated heterocycles. The van der Waals surface area contributed by atoms with Crippen LogP contribution in [0.15, 0.2) is 43.0 Å². The highest BCUT2D eigenvalue weighted by molar-refractivity contribution is 5.96. The number of benzene rings is 2. The molecule has 0 aromatic heterocycles. The van der Waals surface area contributed by atoms with Crippen LogP contribution in [-0.2, 0) is 9.53 Å². The number of rotatable bonds is 7. The lowest BCUT2D eigenvalue weighted by molar-refractivity contribution is -0.107. The lowest BCUT2D eigenvalue weighted by atomic mass is 9.94. The molecule has 0 heterocycles. The fraction of sp³-hybridized carbons (Fsp3) is 0.333. The standard InChI is InChI=1S/C22H23NO3.C2H6O/c1-14-4-5-17(22(25)23-18-7-8-18)12-20(14)16-6-9-19(15(2)10-11-24)21(13-16)26-3;1-3-2/h4-6,9,11-13,18H,2,7-8,10H2,1,3H3,(H,23,25);1-2H3. The van der Waals surface area contributed by atoms with Gasteiger partial charge in [0.25, 0.3) is 5.91 Å². The number of ether oxygens (including phenoxy) is 2. The van der Waals surface area contributed by atoms with Crippen LogP contribution >= 0.6 is 0 Å². The lowest BCUT2D eigenvalue weighted by Crippen LogP contribution is -2.25. The molecule has 1 aliphatic carbocycles. The zero-order valence-corrected chi connectivity index (χ0v) is 17.6. The molecule has 2 aromatic carbocycles. The SMILES string of the molecule is C=C(CC=O)c1ccc(-c2cc(C(=O)NC3CC3)ccc2C)cc1OC.COC. The summed E-state index contributed by atoms with van der Waals surface area (Å²) in [6, 6.07) is 11.9. The number of amides is 1. The van der Waals surface area contributed by atoms with Crippen LogP contribution in [-0.4, -0.2) is 39.6 Å². The molecular weight excluding hydrogens is 366 g/mol. The van der Waals surface area contributed by atoms with Crippen LogP contribution in [0.5, 0.6) is 5.75 Å². The summed E-state index contributed by atoms with van der Waals surface area (Å²) in [6.45, 7) is 5.97. The topological polar surface area (TPSA) is 64.6 Å². The highest BCUT2D eigenvalue weighted by atomic mass is 16.5. The second-order valence-corrected chi connectivity index (χ2v) is 7.08. The summed E-state index contributed by atoms with van der Waals surface area (Å²) in [7, 11) is 4.85. The predicted molar refractivity (Wildman–Crippen MR) is 116 cm³/mol. The number of aryl methyl sites for hydroxylation is 1. The van der Waals surface area contributed by atoms with Crippen molar-refractivity contribution in [3.05, 3.63) is 59.7 Å². The Bertz CT molecular complexity index is 884. The summed E-state index contributed by atoms with van der Waals surface area (Å²) in [5.41, 5.74) is 5.23. The van der Waals surface area contributed by atoms with Gasteiger partial charge in [0.05, 0.1) is 7.11 Å². The van der Waals surface area contributed by atoms with E-state index >= 15 is 0 Å². The van der Waals surface area contributed by atoms with Crippen LogP contribution in [0, 0.1) is 6.92 Å². The van der Waals surface area contributed by atoms with Crippen molar-refractivity contribution in [3.8, 4) is 16.9 Å². The lowest BCUT2D eigenvalue weighted by Gasteiger charge is -2.14. The second kappa shape index (κ2) is 10.6. The molecule has 5 heteroatoms. The van der Waals surface area contributed by atoms with Gasteiger partial charge in [0.1, 0.15) is 12.0 Å². The van der Waals surface area contributed by atoms with E-state index in [-0.39, 0.29) is 12.3 Å². The molecule has 0 bridgehead atoms. The maximum absolute atomic E-state index is 12.3. The highest BCUT2D eigenvalue weighted by Crippen LogP contribution is 2.33. The molecule has 0 unspecified atom stereocenters. The third-order valence-electron chi connectivity index (χ3n) is 4.64. The molecule has 154 valence electrons. The first-order valence-electron chi connectivity index (χ1n) is 9.57. The van der Waals surface area contributed by atoms with E-state index < -0.39 is 0 Å². The third-order valence-corrected chi connectivity index (χ3v) is 4.64. The van der Waals surface area contributed by atoms with E-state index in [0.29, 0.717) is 17.4 Å². The fourth-order valence-electron chi connectivity index (χ4n) is 2.93. The Morgan fingerprint density at radius 3 is 2.45 bits per heavy atom. The predicted octanol–water partition coefficient (Wildman–Crippen LogP) is 4.43. The molecular formula is C24H29NO4. The zero-order chi connectivity index (χ0) is 21.4. The molecule has 5 nitrogen and oxygen atoms in total. The van der Waals surface area contributed by atoms with Crippen LogP contribution in [0.4, 0.5) is 0 Å². The van der Waals surface area contributed by atoms with Gasteiger partial charge in [0, 0.05) is 37.8 Å². The number of allylic oxidation sites excluding steroid dienone is 1. The van der Waals surface area contributed by atoms with Crippen LogP contribution in [0.1, 0.15) is 40.7 Å². The summed E-state index contributed by atoms with van der Waals surface area (Å²) < 4.78 is 9.75. The van der Waals surface area contributed by atoms with Gasteiger partial charge in [-0.25, -0.2) is 0 Å². The maximum atomic E-state index is 12.3. The minimum Gasteiger partial charge on any atom is -0.496 e. The molecule has 0 aliphatic heterocycles. The number of carbonyl (C=O) groups is 2. The van der Waals surface area contributed by atoms with E-state index in [1.807, 2.05) is 43.3 Å². The quantitative estimate of drug-likeness (QED) is 0.705. The summed E-state index contributed by atoms with van der Waals surface area (Å²) >= 11 is 0. The summed E-state index contributed by atoms with van der Waals surface area (Å²) in [6.07, 6.45) is 3.23. The Labute approximate surface area is 172 Å². The van der Waals surface area contributed by atoms with Gasteiger partial charge in [0.15, 0.2) is 0 Å². The molecule has 1 saturated carbocycles. The highest BCUT2D eigenvalue weighted by Gasteiger charge is 2.24. The molecule has 0 atom stereocenters. The number of hydrogen-bond donors (Lipinski definition) is 1. The number of hydrogen-bond acceptors (Lipinski definition) is 4. The second-order valence-electron chi connectivity index (χ2n) is 7.08. The van der Waals surface area contributed by atoms with Gasteiger partial charge in [-0.1, -0.05) is 24.8 Å². The molecule has 1 N–H and O–H groups in total. The van der Waals surface area contributed by atoms with Gasteiger partial charge in [-0.05, 0) is 60.2 Å². The van der Waals surface area contributed by atoms with Crippen LogP contribution in [0.3, 0.4) is 0 Å². The molecule has 29 heavy (non-hydrogen) atoms. The minimum absolute atomic E-state index is 0.0308. The van der Waals surface area contributed by atoms with Crippen molar-refractivity contribution < 1.29 is 19.1 Å². The molecule has 1 aliphatic rings. The van der Waals surface area contributed by atoms with Gasteiger partial charge in [-0.15, -0.1) is 0 Å². The van der Waals surface area contributed by atoms with Gasteiger partial charge >= 0.3 is 0 Å².